The van der Waals surface area contributed by atoms with Crippen molar-refractivity contribution in [3.05, 3.63) is 94.0 Å². The molecule has 1 amide bonds. The van der Waals surface area contributed by atoms with Crippen LogP contribution in [0.5, 0.6) is 0 Å². The summed E-state index contributed by atoms with van der Waals surface area (Å²) >= 11 is 13.3. The standard InChI is InChI=1S/C23H18Cl2N4OS/c24-18-11-10-17(12-19(18)25)13-26-28-22(30)15-31-23-27-20-8-4-5-9-21(20)29(23)14-16-6-2-1-3-7-16/h1-13H,14-15H2,(H,28,30)/b26-13-. The van der Waals surface area contributed by atoms with E-state index in [1.165, 1.54) is 23.5 Å². The van der Waals surface area contributed by atoms with Crippen LogP contribution in [0.1, 0.15) is 11.1 Å². The van der Waals surface area contributed by atoms with Crippen molar-refractivity contribution in [2.75, 3.05) is 5.75 Å². The number of hydrogen-bond donors (Lipinski definition) is 1. The molecule has 0 fully saturated rings. The predicted molar refractivity (Wildman–Crippen MR) is 128 cm³/mol. The van der Waals surface area contributed by atoms with Gasteiger partial charge in [-0.15, -0.1) is 0 Å². The van der Waals surface area contributed by atoms with E-state index >= 15 is 0 Å². The Morgan fingerprint density at radius 2 is 1.81 bits per heavy atom. The lowest BCUT2D eigenvalue weighted by Crippen LogP contribution is -2.20. The molecule has 5 nitrogen and oxygen atoms in total. The minimum atomic E-state index is -0.223. The molecule has 3 aromatic carbocycles. The molecule has 0 bridgehead atoms. The molecular weight excluding hydrogens is 451 g/mol. The van der Waals surface area contributed by atoms with Gasteiger partial charge >= 0.3 is 0 Å². The summed E-state index contributed by atoms with van der Waals surface area (Å²) in [6.45, 7) is 0.681. The highest BCUT2D eigenvalue weighted by molar-refractivity contribution is 7.99. The second-order valence-corrected chi connectivity index (χ2v) is 8.47. The number of carbonyl (C=O) groups excluding carboxylic acids is 1. The van der Waals surface area contributed by atoms with Crippen LogP contribution in [0.4, 0.5) is 0 Å². The molecule has 0 spiro atoms. The van der Waals surface area contributed by atoms with Gasteiger partial charge in [0.2, 0.25) is 0 Å². The number of para-hydroxylation sites is 2. The molecular formula is C23H18Cl2N4OS. The topological polar surface area (TPSA) is 59.3 Å². The average molecular weight is 469 g/mol. The highest BCUT2D eigenvalue weighted by Crippen LogP contribution is 2.25. The van der Waals surface area contributed by atoms with E-state index in [0.29, 0.717) is 16.6 Å². The highest BCUT2D eigenvalue weighted by atomic mass is 35.5. The number of hydrogen-bond acceptors (Lipinski definition) is 4. The molecule has 0 aliphatic heterocycles. The van der Waals surface area contributed by atoms with Crippen LogP contribution < -0.4 is 5.43 Å². The third-order valence-electron chi connectivity index (χ3n) is 4.48. The lowest BCUT2D eigenvalue weighted by molar-refractivity contribution is -0.118. The van der Waals surface area contributed by atoms with Gasteiger partial charge in [0, 0.05) is 0 Å². The second kappa shape index (κ2) is 10.0. The number of aromatic nitrogens is 2. The van der Waals surface area contributed by atoms with E-state index in [1.54, 1.807) is 18.2 Å². The van der Waals surface area contributed by atoms with Gasteiger partial charge in [0.05, 0.1) is 39.6 Å². The second-order valence-electron chi connectivity index (χ2n) is 6.71. The molecule has 0 saturated carbocycles. The maximum Gasteiger partial charge on any atom is 0.250 e. The fourth-order valence-corrected chi connectivity index (χ4v) is 4.13. The largest absolute Gasteiger partial charge is 0.314 e. The maximum atomic E-state index is 12.3. The van der Waals surface area contributed by atoms with Crippen molar-refractivity contribution in [2.45, 2.75) is 11.7 Å². The van der Waals surface area contributed by atoms with Crippen molar-refractivity contribution in [3.63, 3.8) is 0 Å². The maximum absolute atomic E-state index is 12.3. The molecule has 4 aromatic rings. The number of thioether (sulfide) groups is 1. The summed E-state index contributed by atoms with van der Waals surface area (Å²) in [7, 11) is 0. The number of benzene rings is 3. The fourth-order valence-electron chi connectivity index (χ4n) is 3.02. The normalized spacial score (nSPS) is 11.3. The average Bonchev–Trinajstić information content (AvgIpc) is 3.13. The number of nitrogens with one attached hydrogen (secondary N) is 1. The Hall–Kier alpha value is -2.80. The zero-order chi connectivity index (χ0) is 21.6. The van der Waals surface area contributed by atoms with Gasteiger partial charge in [-0.1, -0.05) is 83.5 Å². The van der Waals surface area contributed by atoms with Crippen molar-refractivity contribution in [1.29, 1.82) is 0 Å². The van der Waals surface area contributed by atoms with Crippen molar-refractivity contribution in [3.8, 4) is 0 Å². The molecule has 8 heteroatoms. The summed E-state index contributed by atoms with van der Waals surface area (Å²) < 4.78 is 2.13. The van der Waals surface area contributed by atoms with Gasteiger partial charge in [0.1, 0.15) is 0 Å². The molecule has 0 radical (unpaired) electrons. The third-order valence-corrected chi connectivity index (χ3v) is 6.20. The van der Waals surface area contributed by atoms with Crippen LogP contribution in [0.2, 0.25) is 10.0 Å². The first kappa shape index (κ1) is 21.4. The summed E-state index contributed by atoms with van der Waals surface area (Å²) in [5, 5.41) is 5.68. The van der Waals surface area contributed by atoms with Gasteiger partial charge in [-0.3, -0.25) is 4.79 Å². The summed E-state index contributed by atoms with van der Waals surface area (Å²) in [5.41, 5.74) is 6.38. The van der Waals surface area contributed by atoms with Crippen LogP contribution in [-0.4, -0.2) is 27.4 Å². The first-order valence-electron chi connectivity index (χ1n) is 9.49. The van der Waals surface area contributed by atoms with Crippen LogP contribution in [0, 0.1) is 0 Å². The summed E-state index contributed by atoms with van der Waals surface area (Å²) in [6.07, 6.45) is 1.52. The lowest BCUT2D eigenvalue weighted by Gasteiger charge is -2.09. The number of hydrazone groups is 1. The van der Waals surface area contributed by atoms with Gasteiger partial charge in [-0.05, 0) is 35.4 Å². The highest BCUT2D eigenvalue weighted by Gasteiger charge is 2.13. The minimum Gasteiger partial charge on any atom is -0.314 e. The van der Waals surface area contributed by atoms with Crippen molar-refractivity contribution < 1.29 is 4.79 Å². The van der Waals surface area contributed by atoms with Gasteiger partial charge in [-0.25, -0.2) is 10.4 Å². The van der Waals surface area contributed by atoms with E-state index in [1.807, 2.05) is 42.5 Å². The SMILES string of the molecule is O=C(CSc1nc2ccccc2n1Cc1ccccc1)N/N=C\c1ccc(Cl)c(Cl)c1. The van der Waals surface area contributed by atoms with E-state index in [2.05, 4.69) is 27.2 Å². The van der Waals surface area contributed by atoms with E-state index in [9.17, 15) is 4.79 Å². The van der Waals surface area contributed by atoms with Crippen LogP contribution in [-0.2, 0) is 11.3 Å². The number of halogens is 2. The minimum absolute atomic E-state index is 0.191. The number of imidazole rings is 1. The Labute approximate surface area is 194 Å². The number of amides is 1. The van der Waals surface area contributed by atoms with Crippen LogP contribution in [0.25, 0.3) is 11.0 Å². The van der Waals surface area contributed by atoms with Crippen molar-refractivity contribution in [1.82, 2.24) is 15.0 Å². The summed E-state index contributed by atoms with van der Waals surface area (Å²) in [4.78, 5) is 17.0. The third kappa shape index (κ3) is 5.47. The van der Waals surface area contributed by atoms with Crippen molar-refractivity contribution >= 4 is 58.1 Å². The zero-order valence-corrected chi connectivity index (χ0v) is 18.7. The van der Waals surface area contributed by atoms with Crippen molar-refractivity contribution in [2.24, 2.45) is 5.10 Å². The molecule has 0 saturated heterocycles. The molecule has 1 heterocycles. The smallest absolute Gasteiger partial charge is 0.250 e. The molecule has 1 aromatic heterocycles. The Bertz CT molecular complexity index is 1240. The first-order valence-corrected chi connectivity index (χ1v) is 11.2. The zero-order valence-electron chi connectivity index (χ0n) is 16.3. The molecule has 0 aliphatic carbocycles. The molecule has 156 valence electrons. The fraction of sp³-hybridized carbons (Fsp3) is 0.0870. The Morgan fingerprint density at radius 3 is 2.61 bits per heavy atom. The number of rotatable bonds is 7. The molecule has 1 N–H and O–H groups in total. The quantitative estimate of drug-likeness (QED) is 0.217. The lowest BCUT2D eigenvalue weighted by atomic mass is 10.2. The Balaban J connectivity index is 1.43. The van der Waals surface area contributed by atoms with E-state index in [4.69, 9.17) is 28.2 Å². The summed E-state index contributed by atoms with van der Waals surface area (Å²) in [6, 6.07) is 23.3. The van der Waals surface area contributed by atoms with Crippen LogP contribution in [0.15, 0.2) is 83.1 Å². The van der Waals surface area contributed by atoms with E-state index in [-0.39, 0.29) is 11.7 Å². The molecule has 0 aliphatic rings. The number of carbonyl (C=O) groups is 1. The van der Waals surface area contributed by atoms with Gasteiger partial charge in [0.15, 0.2) is 5.16 Å². The molecule has 4 rings (SSSR count). The molecule has 0 atom stereocenters. The molecule has 0 unspecified atom stereocenters. The summed E-state index contributed by atoms with van der Waals surface area (Å²) in [5.74, 6) is -0.0313. The Kier molecular flexibility index (Phi) is 6.92. The first-order chi connectivity index (χ1) is 15.1. The van der Waals surface area contributed by atoms with Gasteiger partial charge in [0.25, 0.3) is 5.91 Å². The van der Waals surface area contributed by atoms with Gasteiger partial charge in [-0.2, -0.15) is 5.10 Å². The number of nitrogens with zero attached hydrogens (tertiary/aromatic N) is 3. The van der Waals surface area contributed by atoms with E-state index < -0.39 is 0 Å². The molecule has 31 heavy (non-hydrogen) atoms. The van der Waals surface area contributed by atoms with Crippen LogP contribution in [0.3, 0.4) is 0 Å². The van der Waals surface area contributed by atoms with Gasteiger partial charge < -0.3 is 4.57 Å². The van der Waals surface area contributed by atoms with E-state index in [0.717, 1.165) is 21.8 Å². The predicted octanol–water partition coefficient (Wildman–Crippen LogP) is 5.63. The number of fused-ring (bicyclic) bond motifs is 1. The Morgan fingerprint density at radius 1 is 1.03 bits per heavy atom. The monoisotopic (exact) mass is 468 g/mol. The van der Waals surface area contributed by atoms with Crippen LogP contribution >= 0.6 is 35.0 Å².